The van der Waals surface area contributed by atoms with Crippen LogP contribution in [-0.4, -0.2) is 104 Å². The Balaban J connectivity index is 0.000000156. The summed E-state index contributed by atoms with van der Waals surface area (Å²) in [6, 6.07) is 22.4. The van der Waals surface area contributed by atoms with E-state index in [9.17, 15) is 19.2 Å². The van der Waals surface area contributed by atoms with Crippen LogP contribution in [0.5, 0.6) is 28.7 Å². The van der Waals surface area contributed by atoms with Gasteiger partial charge in [0.05, 0.1) is 23.2 Å². The fourth-order valence-electron chi connectivity index (χ4n) is 10.1. The lowest BCUT2D eigenvalue weighted by Crippen LogP contribution is -2.24. The lowest BCUT2D eigenvalue weighted by atomic mass is 10.2. The predicted octanol–water partition coefficient (Wildman–Crippen LogP) is 6.10. The predicted molar refractivity (Wildman–Crippen MR) is 358 cm³/mol. The smallest absolute Gasteiger partial charge is 0.369 e. The molecule has 0 aliphatic carbocycles. The molecule has 0 amide bonds. The molecule has 0 aliphatic heterocycles. The topological polar surface area (TPSA) is 277 Å². The highest BCUT2D eigenvalue weighted by Crippen LogP contribution is 2.31. The number of tetrazole rings is 4. The molecule has 0 saturated carbocycles. The zero-order chi connectivity index (χ0) is 72.5. The van der Waals surface area contributed by atoms with E-state index in [0.717, 1.165) is 53.9 Å². The van der Waals surface area contributed by atoms with Crippen molar-refractivity contribution < 1.29 is 29.2 Å². The Morgan fingerprint density at radius 3 is 1.09 bits per heavy atom. The number of nitrogens with zero attached hydrogens (tertiary/aromatic N) is 20. The summed E-state index contributed by atoms with van der Waals surface area (Å²) in [4.78, 5) is 48.9. The first-order valence-electron chi connectivity index (χ1n) is 31.8. The van der Waals surface area contributed by atoms with Gasteiger partial charge in [-0.05, 0) is 135 Å². The van der Waals surface area contributed by atoms with E-state index < -0.39 is 0 Å². The van der Waals surface area contributed by atoms with Gasteiger partial charge in [0.2, 0.25) is 0 Å². The second-order valence-corrected chi connectivity index (χ2v) is 22.0. The zero-order valence-electron chi connectivity index (χ0n) is 59.8. The van der Waals surface area contributed by atoms with Crippen molar-refractivity contribution in [2.24, 2.45) is 56.4 Å². The summed E-state index contributed by atoms with van der Waals surface area (Å²) in [6.07, 6.45) is 14.6. The Morgan fingerprint density at radius 1 is 0.417 bits per heavy atom. The largest absolute Gasteiger partial charge is 0.492 e. The molecular formula is C67H76N20O9. The molecule has 0 saturated heterocycles. The molecule has 0 unspecified atom stereocenters. The summed E-state index contributed by atoms with van der Waals surface area (Å²) < 4.78 is 76.6. The Morgan fingerprint density at radius 2 is 0.740 bits per heavy atom. The highest BCUT2D eigenvalue weighted by molar-refractivity contribution is 5.58. The fraction of sp³-hybridized carbons (Fsp3) is 0.284. The molecule has 12 rings (SSSR count). The van der Waals surface area contributed by atoms with E-state index in [1.54, 1.807) is 133 Å². The highest BCUT2D eigenvalue weighted by atomic mass is 16.5. The van der Waals surface area contributed by atoms with Crippen LogP contribution < -0.4 is 46.4 Å². The van der Waals surface area contributed by atoms with Crippen molar-refractivity contribution in [1.29, 1.82) is 0 Å². The molecule has 0 radical (unpaired) electrons. The minimum absolute atomic E-state index is 0.164. The van der Waals surface area contributed by atoms with Gasteiger partial charge in [0.15, 0.2) is 5.82 Å². The number of para-hydroxylation sites is 4. The standard InChI is InChI=1S/C17H21N5O3.C17H19N5O2.C17H17N5O2.C16H19N5O2/c1-5-24-15-10-20(3)16(22-17(23)21(4)18-19-22)13(15)11-25-14-9-7-6-8-12(14)2;2*1-5-13-10-20(3)16(22-17(23)21(4)18-19-22)14(13)11-24-15-9-7-6-8-12(15)2;1-11-7-5-6-8-14(11)23-10-13-12(2)9-19(3)15(13)21-16(22)20(4)17-18-21/h6-10H,5,11H2,1-4H3;5-10H,1,11H2,2-4H3;1,6-10H,11H2,2-4H3;5-9H,10H2,1-4H3/i3*6T;5T. The molecule has 8 aromatic heterocycles. The molecule has 12 aromatic rings. The van der Waals surface area contributed by atoms with Crippen LogP contribution in [0.15, 0.2) is 148 Å². The Hall–Kier alpha value is -12.2. The number of aryl methyl sites for hydroxylation is 13. The van der Waals surface area contributed by atoms with Crippen LogP contribution in [0.2, 0.25) is 0 Å². The summed E-state index contributed by atoms with van der Waals surface area (Å²) >= 11 is 0. The number of terminal acetylenes is 1. The first kappa shape index (κ1) is 62.6. The van der Waals surface area contributed by atoms with Crippen molar-refractivity contribution in [3.05, 3.63) is 231 Å². The number of hydrogen-bond donors (Lipinski definition) is 0. The van der Waals surface area contributed by atoms with E-state index in [1.165, 1.54) is 35.1 Å². The van der Waals surface area contributed by atoms with Crippen molar-refractivity contribution >= 4 is 6.08 Å². The summed E-state index contributed by atoms with van der Waals surface area (Å²) in [7, 11) is 13.4. The molecule has 0 N–H and O–H groups in total. The average Bonchev–Trinajstić information content (AvgIpc) is 1.65. The van der Waals surface area contributed by atoms with E-state index in [1.807, 2.05) is 79.6 Å². The summed E-state index contributed by atoms with van der Waals surface area (Å²) in [6.45, 7) is 16.6. The molecular weight excluding hydrogens is 1230 g/mol. The Kier molecular flexibility index (Phi) is 19.6. The number of rotatable bonds is 19. The van der Waals surface area contributed by atoms with E-state index in [0.29, 0.717) is 106 Å². The van der Waals surface area contributed by atoms with E-state index >= 15 is 0 Å². The van der Waals surface area contributed by atoms with Gasteiger partial charge in [-0.15, -0.1) is 25.2 Å². The molecule has 0 aliphatic rings. The first-order valence-corrected chi connectivity index (χ1v) is 29.8. The summed E-state index contributed by atoms with van der Waals surface area (Å²) in [5, 5.41) is 30.7. The summed E-state index contributed by atoms with van der Waals surface area (Å²) in [5.41, 5.74) is 7.60. The van der Waals surface area contributed by atoms with Gasteiger partial charge in [0, 0.05) is 103 Å². The normalized spacial score (nSPS) is 11.4. The first-order chi connectivity index (χ1) is 47.6. The molecule has 0 fully saturated rings. The molecule has 8 heterocycles. The van der Waals surface area contributed by atoms with Crippen LogP contribution >= 0.6 is 0 Å². The highest BCUT2D eigenvalue weighted by Gasteiger charge is 2.25. The van der Waals surface area contributed by atoms with Crippen LogP contribution in [0.3, 0.4) is 0 Å². The van der Waals surface area contributed by atoms with Gasteiger partial charge in [-0.3, -0.25) is 0 Å². The minimum atomic E-state index is -0.374. The molecule has 0 atom stereocenters. The van der Waals surface area contributed by atoms with E-state index in [4.69, 9.17) is 35.6 Å². The van der Waals surface area contributed by atoms with Gasteiger partial charge in [0.1, 0.15) is 72.6 Å². The van der Waals surface area contributed by atoms with Crippen molar-refractivity contribution in [2.45, 2.75) is 68.0 Å². The zero-order valence-corrected chi connectivity index (χ0v) is 55.8. The number of benzene rings is 4. The average molecular weight is 1310 g/mol. The third-order valence-electron chi connectivity index (χ3n) is 15.1. The van der Waals surface area contributed by atoms with Crippen molar-refractivity contribution in [1.82, 2.24) is 97.4 Å². The van der Waals surface area contributed by atoms with Gasteiger partial charge in [-0.2, -0.15) is 18.7 Å². The fourth-order valence-corrected chi connectivity index (χ4v) is 10.1. The lowest BCUT2D eigenvalue weighted by molar-refractivity contribution is 0.285. The SMILES string of the molecule is [3H]c1ccc(OCc2c(C#C)cn(C)c2-n2nnn(C)c2=O)c(C)c1.[3H]c1ccc(OCc2c(C)cn(C)c2-n2nnn(C)c2=O)c(C)c1.[3H]c1ccc(OCc2c(C=C)cn(C)c2-n2nnn(C)c2=O)c(C)c1.[3H]c1ccc(OCc2c(OCC)cn(C)c2-n2nnn(C)c2=O)c(C)c1. The maximum atomic E-state index is 12.3. The third kappa shape index (κ3) is 14.7. The molecule has 29 heteroatoms. The minimum Gasteiger partial charge on any atom is -0.492 e. The van der Waals surface area contributed by atoms with E-state index in [-0.39, 0.29) is 42.6 Å². The van der Waals surface area contributed by atoms with Gasteiger partial charge < -0.3 is 42.0 Å². The molecule has 498 valence electrons. The van der Waals surface area contributed by atoms with Crippen LogP contribution in [0.1, 0.15) is 73.6 Å². The van der Waals surface area contributed by atoms with Gasteiger partial charge in [0.25, 0.3) is 0 Å². The Bertz CT molecular complexity index is 5270. The van der Waals surface area contributed by atoms with Gasteiger partial charge in [-0.25, -0.2) is 19.2 Å². The number of ether oxygens (including phenoxy) is 5. The van der Waals surface area contributed by atoms with Crippen molar-refractivity contribution in [3.63, 3.8) is 0 Å². The third-order valence-corrected chi connectivity index (χ3v) is 15.1. The molecule has 0 bridgehead atoms. The molecule has 0 spiro atoms. The van der Waals surface area contributed by atoms with Crippen LogP contribution in [0.25, 0.3) is 29.3 Å². The summed E-state index contributed by atoms with van der Waals surface area (Å²) in [5.74, 6) is 8.24. The van der Waals surface area contributed by atoms with Crippen molar-refractivity contribution in [3.8, 4) is 64.4 Å². The van der Waals surface area contributed by atoms with Crippen LogP contribution in [-0.2, 0) is 82.8 Å². The number of aromatic nitrogens is 20. The monoisotopic (exact) mass is 1310 g/mol. The van der Waals surface area contributed by atoms with Crippen molar-refractivity contribution in [2.75, 3.05) is 6.61 Å². The maximum absolute atomic E-state index is 12.3. The van der Waals surface area contributed by atoms with Gasteiger partial charge in [-0.1, -0.05) is 91.3 Å². The second kappa shape index (κ2) is 30.0. The van der Waals surface area contributed by atoms with Crippen LogP contribution in [0, 0.1) is 47.0 Å². The molecule has 4 aromatic carbocycles. The molecule has 29 nitrogen and oxygen atoms in total. The lowest BCUT2D eigenvalue weighted by Gasteiger charge is -2.11. The number of hydrogen-bond acceptors (Lipinski definition) is 17. The molecule has 96 heavy (non-hydrogen) atoms. The Labute approximate surface area is 557 Å². The quantitative estimate of drug-likeness (QED) is 0.0827. The maximum Gasteiger partial charge on any atom is 0.369 e. The second-order valence-electron chi connectivity index (χ2n) is 22.0. The van der Waals surface area contributed by atoms with Gasteiger partial charge >= 0.3 is 22.8 Å². The van der Waals surface area contributed by atoms with E-state index in [2.05, 4.69) is 54.2 Å². The van der Waals surface area contributed by atoms with Crippen LogP contribution in [0.4, 0.5) is 0 Å².